The maximum Gasteiger partial charge on any atom is 0.344 e. The Morgan fingerprint density at radius 2 is 1.57 bits per heavy atom. The molecule has 23 heavy (non-hydrogen) atoms. The number of hydrogen-bond donors (Lipinski definition) is 1. The lowest BCUT2D eigenvalue weighted by Gasteiger charge is -2.10. The van der Waals surface area contributed by atoms with Crippen molar-refractivity contribution in [2.24, 2.45) is 5.92 Å². The minimum absolute atomic E-state index is 0.00634. The molecule has 2 aromatic carbocycles. The van der Waals surface area contributed by atoms with E-state index in [1.807, 2.05) is 13.8 Å². The second-order valence-corrected chi connectivity index (χ2v) is 4.95. The largest absolute Gasteiger partial charge is 0.508 e. The average Bonchev–Trinajstić information content (AvgIpc) is 2.56. The average molecular weight is 314 g/mol. The third kappa shape index (κ3) is 4.95. The molecular formula is C19H22O4. The monoisotopic (exact) mass is 314 g/mol. The zero-order valence-electron chi connectivity index (χ0n) is 13.9. The predicted octanol–water partition coefficient (Wildman–Crippen LogP) is 4.48. The summed E-state index contributed by atoms with van der Waals surface area (Å²) in [5.74, 6) is -0.706. The number of esters is 1. The van der Waals surface area contributed by atoms with E-state index in [0.717, 1.165) is 0 Å². The number of rotatable bonds is 4. The molecule has 0 fully saturated rings. The first-order chi connectivity index (χ1) is 11.0. The minimum atomic E-state index is -0.620. The van der Waals surface area contributed by atoms with Gasteiger partial charge in [-0.15, -0.1) is 0 Å². The van der Waals surface area contributed by atoms with Crippen molar-refractivity contribution >= 4 is 11.8 Å². The van der Waals surface area contributed by atoms with E-state index in [1.165, 1.54) is 12.1 Å². The molecule has 0 aliphatic carbocycles. The standard InChI is InChI=1S/C17H16O4.C2H6/c1-11(2)16(19)14-8-3-4-9-15(14)17(20)21-13-7-5-6-12(18)10-13;1-2/h3-11,18H,1-2H3;1-2H3. The maximum atomic E-state index is 12.2. The smallest absolute Gasteiger partial charge is 0.344 e. The number of carbonyl (C=O) groups excluding carboxylic acids is 2. The van der Waals surface area contributed by atoms with Crippen molar-refractivity contribution in [3.05, 3.63) is 59.7 Å². The topological polar surface area (TPSA) is 63.6 Å². The summed E-state index contributed by atoms with van der Waals surface area (Å²) in [7, 11) is 0. The summed E-state index contributed by atoms with van der Waals surface area (Å²) in [6, 6.07) is 12.5. The van der Waals surface area contributed by atoms with E-state index < -0.39 is 5.97 Å². The fourth-order valence-electron chi connectivity index (χ4n) is 1.90. The lowest BCUT2D eigenvalue weighted by atomic mass is 9.96. The van der Waals surface area contributed by atoms with Crippen LogP contribution in [0.3, 0.4) is 0 Å². The van der Waals surface area contributed by atoms with Gasteiger partial charge in [-0.05, 0) is 18.2 Å². The van der Waals surface area contributed by atoms with Gasteiger partial charge in [0.15, 0.2) is 5.78 Å². The van der Waals surface area contributed by atoms with E-state index in [2.05, 4.69) is 0 Å². The van der Waals surface area contributed by atoms with Crippen LogP contribution in [-0.4, -0.2) is 16.9 Å². The number of ketones is 1. The molecule has 0 spiro atoms. The molecule has 0 aliphatic rings. The lowest BCUT2D eigenvalue weighted by Crippen LogP contribution is -2.16. The van der Waals surface area contributed by atoms with E-state index >= 15 is 0 Å². The van der Waals surface area contributed by atoms with Crippen LogP contribution in [0.25, 0.3) is 0 Å². The number of phenols is 1. The zero-order chi connectivity index (χ0) is 17.4. The Hall–Kier alpha value is -2.62. The number of ether oxygens (including phenoxy) is 1. The molecule has 0 saturated carbocycles. The molecule has 0 unspecified atom stereocenters. The molecule has 0 heterocycles. The highest BCUT2D eigenvalue weighted by molar-refractivity contribution is 6.07. The Morgan fingerprint density at radius 1 is 0.957 bits per heavy atom. The number of aromatic hydroxyl groups is 1. The molecule has 0 amide bonds. The van der Waals surface area contributed by atoms with Gasteiger partial charge in [-0.25, -0.2) is 4.79 Å². The molecule has 1 N–H and O–H groups in total. The van der Waals surface area contributed by atoms with Crippen LogP contribution in [-0.2, 0) is 0 Å². The Labute approximate surface area is 136 Å². The third-order valence-electron chi connectivity index (χ3n) is 2.96. The summed E-state index contributed by atoms with van der Waals surface area (Å²) >= 11 is 0. The minimum Gasteiger partial charge on any atom is -0.508 e. The molecule has 0 radical (unpaired) electrons. The van der Waals surface area contributed by atoms with Crippen LogP contribution in [0.15, 0.2) is 48.5 Å². The van der Waals surface area contributed by atoms with Crippen molar-refractivity contribution in [3.63, 3.8) is 0 Å². The highest BCUT2D eigenvalue weighted by Gasteiger charge is 2.20. The summed E-state index contributed by atoms with van der Waals surface area (Å²) in [4.78, 5) is 24.3. The number of benzene rings is 2. The van der Waals surface area contributed by atoms with Crippen molar-refractivity contribution in [2.75, 3.05) is 0 Å². The summed E-state index contributed by atoms with van der Waals surface area (Å²) < 4.78 is 5.20. The Kier molecular flexibility index (Phi) is 7.00. The van der Waals surface area contributed by atoms with E-state index in [9.17, 15) is 14.7 Å². The van der Waals surface area contributed by atoms with Gasteiger partial charge in [-0.2, -0.15) is 0 Å². The second-order valence-electron chi connectivity index (χ2n) is 4.95. The summed E-state index contributed by atoms with van der Waals surface area (Å²) in [5.41, 5.74) is 0.567. The molecule has 4 nitrogen and oxygen atoms in total. The molecular weight excluding hydrogens is 292 g/mol. The van der Waals surface area contributed by atoms with Crippen LogP contribution in [0, 0.1) is 5.92 Å². The quantitative estimate of drug-likeness (QED) is 0.513. The zero-order valence-corrected chi connectivity index (χ0v) is 13.9. The van der Waals surface area contributed by atoms with Crippen LogP contribution < -0.4 is 4.74 Å². The fourth-order valence-corrected chi connectivity index (χ4v) is 1.90. The maximum absolute atomic E-state index is 12.2. The van der Waals surface area contributed by atoms with Crippen LogP contribution in [0.4, 0.5) is 0 Å². The molecule has 0 aliphatic heterocycles. The highest BCUT2D eigenvalue weighted by Crippen LogP contribution is 2.21. The van der Waals surface area contributed by atoms with Gasteiger partial charge in [0.05, 0.1) is 5.56 Å². The van der Waals surface area contributed by atoms with E-state index in [4.69, 9.17) is 4.74 Å². The summed E-state index contributed by atoms with van der Waals surface area (Å²) in [6.45, 7) is 7.55. The van der Waals surface area contributed by atoms with Crippen LogP contribution >= 0.6 is 0 Å². The van der Waals surface area contributed by atoms with Gasteiger partial charge in [0.1, 0.15) is 11.5 Å². The van der Waals surface area contributed by atoms with E-state index in [0.29, 0.717) is 5.56 Å². The van der Waals surface area contributed by atoms with Crippen molar-refractivity contribution in [1.82, 2.24) is 0 Å². The van der Waals surface area contributed by atoms with Gasteiger partial charge in [0.25, 0.3) is 0 Å². The van der Waals surface area contributed by atoms with E-state index in [1.54, 1.807) is 50.2 Å². The normalized spacial score (nSPS) is 9.78. The molecule has 0 saturated heterocycles. The van der Waals surface area contributed by atoms with Crippen molar-refractivity contribution in [2.45, 2.75) is 27.7 Å². The number of phenolic OH excluding ortho intramolecular Hbond substituents is 1. The molecule has 2 rings (SSSR count). The molecule has 2 aromatic rings. The van der Waals surface area contributed by atoms with Crippen LogP contribution in [0.1, 0.15) is 48.4 Å². The molecule has 0 aromatic heterocycles. The highest BCUT2D eigenvalue weighted by atomic mass is 16.5. The molecule has 0 atom stereocenters. The second kappa shape index (κ2) is 8.73. The lowest BCUT2D eigenvalue weighted by molar-refractivity contribution is 0.0728. The first kappa shape index (κ1) is 18.4. The van der Waals surface area contributed by atoms with Crippen LogP contribution in [0.5, 0.6) is 11.5 Å². The summed E-state index contributed by atoms with van der Waals surface area (Å²) in [6.07, 6.45) is 0. The number of hydrogen-bond acceptors (Lipinski definition) is 4. The van der Waals surface area contributed by atoms with Crippen molar-refractivity contribution < 1.29 is 19.4 Å². The third-order valence-corrected chi connectivity index (χ3v) is 2.96. The van der Waals surface area contributed by atoms with Gasteiger partial charge >= 0.3 is 5.97 Å². The van der Waals surface area contributed by atoms with Gasteiger partial charge in [-0.3, -0.25) is 4.79 Å². The molecule has 0 bridgehead atoms. The Balaban J connectivity index is 0.00000127. The Morgan fingerprint density at radius 3 is 2.13 bits per heavy atom. The predicted molar refractivity (Wildman–Crippen MR) is 90.0 cm³/mol. The van der Waals surface area contributed by atoms with E-state index in [-0.39, 0.29) is 28.8 Å². The van der Waals surface area contributed by atoms with Gasteiger partial charge in [0, 0.05) is 17.5 Å². The van der Waals surface area contributed by atoms with Gasteiger partial charge in [-0.1, -0.05) is 52.0 Å². The van der Waals surface area contributed by atoms with Gasteiger partial charge in [0.2, 0.25) is 0 Å². The summed E-state index contributed by atoms with van der Waals surface area (Å²) in [5, 5.41) is 9.37. The number of Topliss-reactive ketones (excluding diaryl/α,β-unsaturated/α-hetero) is 1. The first-order valence-corrected chi connectivity index (χ1v) is 7.63. The van der Waals surface area contributed by atoms with Crippen molar-refractivity contribution in [1.29, 1.82) is 0 Å². The first-order valence-electron chi connectivity index (χ1n) is 7.63. The van der Waals surface area contributed by atoms with Crippen molar-refractivity contribution in [3.8, 4) is 11.5 Å². The number of carbonyl (C=O) groups is 2. The van der Waals surface area contributed by atoms with Gasteiger partial charge < -0.3 is 9.84 Å². The Bertz CT molecular complexity index is 675. The molecule has 4 heteroatoms. The molecule has 122 valence electrons. The SMILES string of the molecule is CC.CC(C)C(=O)c1ccccc1C(=O)Oc1cccc(O)c1. The van der Waals surface area contributed by atoms with Crippen LogP contribution in [0.2, 0.25) is 0 Å². The fraction of sp³-hybridized carbons (Fsp3) is 0.263.